The standard InChI is InChI=1S/C42H26O/c1-2-12-28-25-29(22-21-27(28)11-1)31-13-3-4-15-33(31)42-36-18-7-5-16-34(36)41(35-17-6-8-19-37(35)42)30-23-24-40-38(26-30)32-14-9-10-20-39(32)43-40/h1-26H. The summed E-state index contributed by atoms with van der Waals surface area (Å²) in [6, 6.07) is 56.9. The Morgan fingerprint density at radius 1 is 0.302 bits per heavy atom. The molecule has 8 aromatic carbocycles. The topological polar surface area (TPSA) is 13.1 Å². The van der Waals surface area contributed by atoms with Crippen LogP contribution in [0.4, 0.5) is 0 Å². The van der Waals surface area contributed by atoms with E-state index in [9.17, 15) is 0 Å². The summed E-state index contributed by atoms with van der Waals surface area (Å²) in [6.45, 7) is 0. The lowest BCUT2D eigenvalue weighted by Crippen LogP contribution is -1.92. The SMILES string of the molecule is c1ccc(-c2c3ccccc3c(-c3ccc4oc5ccccc5c4c3)c3ccccc23)c(-c2ccc3ccccc3c2)c1. The summed E-state index contributed by atoms with van der Waals surface area (Å²) in [6.07, 6.45) is 0. The second-order valence-corrected chi connectivity index (χ2v) is 11.3. The number of para-hydroxylation sites is 1. The molecular weight excluding hydrogens is 520 g/mol. The molecule has 0 bridgehead atoms. The number of hydrogen-bond acceptors (Lipinski definition) is 1. The molecule has 0 fully saturated rings. The van der Waals surface area contributed by atoms with Crippen LogP contribution in [0.2, 0.25) is 0 Å². The average Bonchev–Trinajstić information content (AvgIpc) is 3.45. The number of hydrogen-bond donors (Lipinski definition) is 0. The van der Waals surface area contributed by atoms with E-state index in [-0.39, 0.29) is 0 Å². The van der Waals surface area contributed by atoms with Crippen LogP contribution in [0.3, 0.4) is 0 Å². The van der Waals surface area contributed by atoms with Crippen LogP contribution >= 0.6 is 0 Å². The zero-order valence-corrected chi connectivity index (χ0v) is 23.4. The highest BCUT2D eigenvalue weighted by atomic mass is 16.3. The van der Waals surface area contributed by atoms with Crippen molar-refractivity contribution in [3.05, 3.63) is 158 Å². The van der Waals surface area contributed by atoms with Crippen molar-refractivity contribution >= 4 is 54.3 Å². The van der Waals surface area contributed by atoms with Gasteiger partial charge in [-0.15, -0.1) is 0 Å². The Balaban J connectivity index is 1.35. The van der Waals surface area contributed by atoms with Crippen molar-refractivity contribution < 1.29 is 4.42 Å². The highest BCUT2D eigenvalue weighted by Crippen LogP contribution is 2.46. The molecular formula is C42H26O. The molecule has 9 rings (SSSR count). The van der Waals surface area contributed by atoms with E-state index in [1.165, 1.54) is 65.7 Å². The first kappa shape index (κ1) is 24.0. The van der Waals surface area contributed by atoms with Crippen LogP contribution in [-0.4, -0.2) is 0 Å². The van der Waals surface area contributed by atoms with Crippen molar-refractivity contribution in [1.29, 1.82) is 0 Å². The molecule has 0 spiro atoms. The summed E-state index contributed by atoms with van der Waals surface area (Å²) in [5.74, 6) is 0. The van der Waals surface area contributed by atoms with Gasteiger partial charge in [0.05, 0.1) is 0 Å². The maximum atomic E-state index is 6.18. The Bertz CT molecular complexity index is 2460. The largest absolute Gasteiger partial charge is 0.456 e. The van der Waals surface area contributed by atoms with Gasteiger partial charge in [-0.2, -0.15) is 0 Å². The molecule has 1 nitrogen and oxygen atoms in total. The quantitative estimate of drug-likeness (QED) is 0.201. The fourth-order valence-electron chi connectivity index (χ4n) is 6.92. The van der Waals surface area contributed by atoms with Crippen LogP contribution in [0.15, 0.2) is 162 Å². The first-order valence-corrected chi connectivity index (χ1v) is 14.8. The van der Waals surface area contributed by atoms with Gasteiger partial charge in [0.25, 0.3) is 0 Å². The zero-order chi connectivity index (χ0) is 28.3. The summed E-state index contributed by atoms with van der Waals surface area (Å²) in [4.78, 5) is 0. The molecule has 0 saturated heterocycles. The minimum atomic E-state index is 0.916. The Morgan fingerprint density at radius 3 is 1.58 bits per heavy atom. The predicted molar refractivity (Wildman–Crippen MR) is 183 cm³/mol. The van der Waals surface area contributed by atoms with Crippen molar-refractivity contribution in [2.45, 2.75) is 0 Å². The normalized spacial score (nSPS) is 11.7. The van der Waals surface area contributed by atoms with Gasteiger partial charge in [0, 0.05) is 10.8 Å². The molecule has 43 heavy (non-hydrogen) atoms. The molecule has 0 unspecified atom stereocenters. The molecule has 0 atom stereocenters. The molecule has 0 aliphatic rings. The molecule has 1 aromatic heterocycles. The van der Waals surface area contributed by atoms with Gasteiger partial charge in [-0.3, -0.25) is 0 Å². The van der Waals surface area contributed by atoms with E-state index in [0.29, 0.717) is 0 Å². The number of rotatable bonds is 3. The minimum absolute atomic E-state index is 0.916. The lowest BCUT2D eigenvalue weighted by atomic mass is 9.83. The third-order valence-corrected chi connectivity index (χ3v) is 8.85. The maximum absolute atomic E-state index is 6.18. The van der Waals surface area contributed by atoms with Crippen LogP contribution in [0, 0.1) is 0 Å². The Hall–Kier alpha value is -5.66. The van der Waals surface area contributed by atoms with Crippen LogP contribution in [0.1, 0.15) is 0 Å². The Kier molecular flexibility index (Phi) is 5.27. The third-order valence-electron chi connectivity index (χ3n) is 8.85. The zero-order valence-electron chi connectivity index (χ0n) is 23.4. The van der Waals surface area contributed by atoms with Gasteiger partial charge in [0.15, 0.2) is 0 Å². The number of furan rings is 1. The first-order valence-electron chi connectivity index (χ1n) is 14.8. The lowest BCUT2D eigenvalue weighted by Gasteiger charge is -2.20. The predicted octanol–water partition coefficient (Wildman–Crippen LogP) is 12.0. The van der Waals surface area contributed by atoms with E-state index < -0.39 is 0 Å². The fraction of sp³-hybridized carbons (Fsp3) is 0. The van der Waals surface area contributed by atoms with Crippen molar-refractivity contribution in [2.24, 2.45) is 0 Å². The summed E-state index contributed by atoms with van der Waals surface area (Å²) < 4.78 is 6.18. The van der Waals surface area contributed by atoms with E-state index in [1.807, 2.05) is 12.1 Å². The van der Waals surface area contributed by atoms with Crippen LogP contribution in [-0.2, 0) is 0 Å². The fourth-order valence-corrected chi connectivity index (χ4v) is 6.92. The van der Waals surface area contributed by atoms with E-state index in [2.05, 4.69) is 146 Å². The monoisotopic (exact) mass is 546 g/mol. The molecule has 0 saturated carbocycles. The number of benzene rings is 8. The van der Waals surface area contributed by atoms with Crippen LogP contribution < -0.4 is 0 Å². The summed E-state index contributed by atoms with van der Waals surface area (Å²) >= 11 is 0. The average molecular weight is 547 g/mol. The van der Waals surface area contributed by atoms with Gasteiger partial charge >= 0.3 is 0 Å². The van der Waals surface area contributed by atoms with Crippen LogP contribution in [0.25, 0.3) is 87.6 Å². The van der Waals surface area contributed by atoms with E-state index >= 15 is 0 Å². The van der Waals surface area contributed by atoms with Crippen molar-refractivity contribution in [3.8, 4) is 33.4 Å². The second kappa shape index (κ2) is 9.44. The molecule has 0 N–H and O–H groups in total. The summed E-state index contributed by atoms with van der Waals surface area (Å²) in [5, 5.41) is 9.80. The van der Waals surface area contributed by atoms with Crippen LogP contribution in [0.5, 0.6) is 0 Å². The summed E-state index contributed by atoms with van der Waals surface area (Å²) in [5.41, 5.74) is 9.27. The smallest absolute Gasteiger partial charge is 0.135 e. The maximum Gasteiger partial charge on any atom is 0.135 e. The molecule has 0 radical (unpaired) electrons. The second-order valence-electron chi connectivity index (χ2n) is 11.3. The molecule has 200 valence electrons. The van der Waals surface area contributed by atoms with Gasteiger partial charge < -0.3 is 4.42 Å². The van der Waals surface area contributed by atoms with Gasteiger partial charge in [-0.25, -0.2) is 0 Å². The number of fused-ring (bicyclic) bond motifs is 6. The highest BCUT2D eigenvalue weighted by Gasteiger charge is 2.19. The first-order chi connectivity index (χ1) is 21.3. The van der Waals surface area contributed by atoms with E-state index in [1.54, 1.807) is 0 Å². The molecule has 0 amide bonds. The lowest BCUT2D eigenvalue weighted by molar-refractivity contribution is 0.669. The highest BCUT2D eigenvalue weighted by molar-refractivity contribution is 6.23. The third kappa shape index (κ3) is 3.72. The van der Waals surface area contributed by atoms with Gasteiger partial charge in [0.2, 0.25) is 0 Å². The Morgan fingerprint density at radius 2 is 0.837 bits per heavy atom. The van der Waals surface area contributed by atoms with Crippen molar-refractivity contribution in [2.75, 3.05) is 0 Å². The van der Waals surface area contributed by atoms with Gasteiger partial charge in [-0.05, 0) is 90.0 Å². The van der Waals surface area contributed by atoms with E-state index in [0.717, 1.165) is 21.9 Å². The van der Waals surface area contributed by atoms with Crippen molar-refractivity contribution in [3.63, 3.8) is 0 Å². The van der Waals surface area contributed by atoms with E-state index in [4.69, 9.17) is 4.42 Å². The summed E-state index contributed by atoms with van der Waals surface area (Å²) in [7, 11) is 0. The molecule has 9 aromatic rings. The minimum Gasteiger partial charge on any atom is -0.456 e. The van der Waals surface area contributed by atoms with Gasteiger partial charge in [0.1, 0.15) is 11.2 Å². The molecule has 1 heterocycles. The Labute approximate surface area is 249 Å². The molecule has 0 aliphatic heterocycles. The molecule has 1 heteroatoms. The van der Waals surface area contributed by atoms with Gasteiger partial charge in [-0.1, -0.05) is 133 Å². The molecule has 0 aliphatic carbocycles. The van der Waals surface area contributed by atoms with Crippen molar-refractivity contribution in [1.82, 2.24) is 0 Å².